The second-order valence-corrected chi connectivity index (χ2v) is 5.15. The number of nitrogens with zero attached hydrogens (tertiary/aromatic N) is 2. The molecule has 1 N–H and O–H groups in total. The van der Waals surface area contributed by atoms with Crippen LogP contribution in [0.2, 0.25) is 0 Å². The van der Waals surface area contributed by atoms with E-state index in [1.807, 2.05) is 18.2 Å². The van der Waals surface area contributed by atoms with Gasteiger partial charge in [0.25, 0.3) is 0 Å². The standard InChI is InChI=1S/C13H9F2N3Se/c14-9-5-4-8(6-10(9)15)7-16-11-2-1-3-12-13(11)18-19-17-12/h1-6,16H,7H2. The minimum atomic E-state index is -0.833. The fourth-order valence-corrected chi connectivity index (χ4v) is 2.95. The monoisotopic (exact) mass is 325 g/mol. The van der Waals surface area contributed by atoms with E-state index in [2.05, 4.69) is 13.3 Å². The van der Waals surface area contributed by atoms with E-state index in [1.165, 1.54) is 6.07 Å². The molecule has 0 fully saturated rings. The summed E-state index contributed by atoms with van der Waals surface area (Å²) >= 11 is -0.0812. The van der Waals surface area contributed by atoms with Crippen LogP contribution in [0.5, 0.6) is 0 Å². The molecule has 0 unspecified atom stereocenters. The predicted molar refractivity (Wildman–Crippen MR) is 70.2 cm³/mol. The van der Waals surface area contributed by atoms with Crippen LogP contribution in [0.25, 0.3) is 11.0 Å². The summed E-state index contributed by atoms with van der Waals surface area (Å²) in [5.41, 5.74) is 3.28. The van der Waals surface area contributed by atoms with Gasteiger partial charge in [-0.25, -0.2) is 0 Å². The van der Waals surface area contributed by atoms with Crippen molar-refractivity contribution in [2.24, 2.45) is 0 Å². The molecule has 0 aliphatic rings. The molecule has 1 aromatic heterocycles. The van der Waals surface area contributed by atoms with Crippen LogP contribution in [0.15, 0.2) is 36.4 Å². The quantitative estimate of drug-likeness (QED) is 0.753. The van der Waals surface area contributed by atoms with Gasteiger partial charge in [0.2, 0.25) is 0 Å². The van der Waals surface area contributed by atoms with E-state index in [0.717, 1.165) is 22.8 Å². The molecule has 0 saturated carbocycles. The third-order valence-corrected chi connectivity index (χ3v) is 3.89. The van der Waals surface area contributed by atoms with Crippen molar-refractivity contribution in [2.75, 3.05) is 5.32 Å². The maximum absolute atomic E-state index is 13.1. The Hall–Kier alpha value is -1.78. The Labute approximate surface area is 114 Å². The topological polar surface area (TPSA) is 37.8 Å². The van der Waals surface area contributed by atoms with Crippen LogP contribution in [-0.4, -0.2) is 22.9 Å². The van der Waals surface area contributed by atoms with E-state index in [1.54, 1.807) is 6.07 Å². The molecular formula is C13H9F2N3Se. The first kappa shape index (κ1) is 12.3. The van der Waals surface area contributed by atoms with Crippen molar-refractivity contribution in [3.05, 3.63) is 53.6 Å². The van der Waals surface area contributed by atoms with Gasteiger partial charge in [-0.3, -0.25) is 0 Å². The Morgan fingerprint density at radius 3 is 2.79 bits per heavy atom. The molecule has 1 heterocycles. The van der Waals surface area contributed by atoms with Gasteiger partial charge in [0.1, 0.15) is 0 Å². The Morgan fingerprint density at radius 2 is 1.95 bits per heavy atom. The number of fused-ring (bicyclic) bond motifs is 1. The summed E-state index contributed by atoms with van der Waals surface area (Å²) in [6, 6.07) is 9.59. The van der Waals surface area contributed by atoms with Gasteiger partial charge in [0.15, 0.2) is 0 Å². The number of anilines is 1. The van der Waals surface area contributed by atoms with Crippen molar-refractivity contribution < 1.29 is 8.78 Å². The summed E-state index contributed by atoms with van der Waals surface area (Å²) < 4.78 is 34.5. The van der Waals surface area contributed by atoms with Crippen molar-refractivity contribution in [2.45, 2.75) is 6.54 Å². The van der Waals surface area contributed by atoms with Crippen molar-refractivity contribution in [3.8, 4) is 0 Å². The Kier molecular flexibility index (Phi) is 3.27. The van der Waals surface area contributed by atoms with Gasteiger partial charge < -0.3 is 0 Å². The molecule has 19 heavy (non-hydrogen) atoms. The fourth-order valence-electron chi connectivity index (χ4n) is 1.80. The zero-order valence-corrected chi connectivity index (χ0v) is 11.4. The van der Waals surface area contributed by atoms with Crippen LogP contribution in [0.4, 0.5) is 14.5 Å². The van der Waals surface area contributed by atoms with Crippen LogP contribution >= 0.6 is 0 Å². The van der Waals surface area contributed by atoms with Gasteiger partial charge in [-0.2, -0.15) is 0 Å². The fraction of sp³-hybridized carbons (Fsp3) is 0.0769. The number of halogens is 2. The van der Waals surface area contributed by atoms with Gasteiger partial charge in [-0.15, -0.1) is 0 Å². The van der Waals surface area contributed by atoms with E-state index in [-0.39, 0.29) is 15.0 Å². The van der Waals surface area contributed by atoms with Crippen LogP contribution < -0.4 is 5.32 Å². The first-order valence-corrected chi connectivity index (χ1v) is 7.16. The first-order valence-electron chi connectivity index (χ1n) is 5.63. The number of benzene rings is 2. The van der Waals surface area contributed by atoms with Crippen molar-refractivity contribution in [3.63, 3.8) is 0 Å². The Balaban J connectivity index is 1.82. The van der Waals surface area contributed by atoms with Crippen LogP contribution in [0, 0.1) is 11.6 Å². The minimum absolute atomic E-state index is 0.0812. The molecule has 0 amide bonds. The van der Waals surface area contributed by atoms with Crippen LogP contribution in [0.1, 0.15) is 5.56 Å². The molecule has 3 aromatic rings. The van der Waals surface area contributed by atoms with Crippen LogP contribution in [0.3, 0.4) is 0 Å². The Bertz CT molecular complexity index is 727. The summed E-state index contributed by atoms with van der Waals surface area (Å²) in [6.45, 7) is 0.413. The summed E-state index contributed by atoms with van der Waals surface area (Å²) in [5.74, 6) is -1.67. The molecule has 0 aliphatic heterocycles. The normalized spacial score (nSPS) is 10.8. The molecular weight excluding hydrogens is 315 g/mol. The van der Waals surface area contributed by atoms with Crippen molar-refractivity contribution >= 4 is 31.7 Å². The number of nitrogens with one attached hydrogen (secondary N) is 1. The third kappa shape index (κ3) is 2.50. The second-order valence-electron chi connectivity index (χ2n) is 4.04. The summed E-state index contributed by atoms with van der Waals surface area (Å²) in [6.07, 6.45) is 0. The van der Waals surface area contributed by atoms with Crippen molar-refractivity contribution in [1.82, 2.24) is 7.96 Å². The van der Waals surface area contributed by atoms with E-state index >= 15 is 0 Å². The van der Waals surface area contributed by atoms with Gasteiger partial charge in [-0.05, 0) is 0 Å². The molecule has 3 rings (SSSR count). The molecule has 96 valence electrons. The average Bonchev–Trinajstić information content (AvgIpc) is 2.89. The zero-order valence-electron chi connectivity index (χ0n) is 9.73. The molecule has 0 aliphatic carbocycles. The molecule has 0 spiro atoms. The van der Waals surface area contributed by atoms with E-state index in [9.17, 15) is 8.78 Å². The third-order valence-electron chi connectivity index (χ3n) is 2.75. The SMILES string of the molecule is Fc1ccc(CNc2cccc3n[se]nc23)cc1F. The van der Waals surface area contributed by atoms with Gasteiger partial charge >= 0.3 is 114 Å². The van der Waals surface area contributed by atoms with Crippen molar-refractivity contribution in [1.29, 1.82) is 0 Å². The summed E-state index contributed by atoms with van der Waals surface area (Å²) in [7, 11) is 0. The first-order chi connectivity index (χ1) is 9.24. The van der Waals surface area contributed by atoms with E-state index in [0.29, 0.717) is 12.1 Å². The van der Waals surface area contributed by atoms with Gasteiger partial charge in [-0.1, -0.05) is 0 Å². The summed E-state index contributed by atoms with van der Waals surface area (Å²) in [5, 5.41) is 3.18. The van der Waals surface area contributed by atoms with E-state index in [4.69, 9.17) is 0 Å². The van der Waals surface area contributed by atoms with Gasteiger partial charge in [0, 0.05) is 0 Å². The summed E-state index contributed by atoms with van der Waals surface area (Å²) in [4.78, 5) is 0. The number of hydrogen-bond donors (Lipinski definition) is 1. The average molecular weight is 324 g/mol. The molecule has 0 radical (unpaired) electrons. The molecule has 0 bridgehead atoms. The molecule has 0 atom stereocenters. The maximum atomic E-state index is 13.1. The zero-order chi connectivity index (χ0) is 13.2. The second kappa shape index (κ2) is 5.07. The predicted octanol–water partition coefficient (Wildman–Crippen LogP) is 2.58. The Morgan fingerprint density at radius 1 is 1.05 bits per heavy atom. The van der Waals surface area contributed by atoms with Gasteiger partial charge in [0.05, 0.1) is 0 Å². The molecule has 6 heteroatoms. The number of rotatable bonds is 3. The molecule has 3 nitrogen and oxygen atoms in total. The number of hydrogen-bond acceptors (Lipinski definition) is 3. The number of aromatic nitrogens is 2. The molecule has 2 aromatic carbocycles. The molecule has 0 saturated heterocycles. The van der Waals surface area contributed by atoms with E-state index < -0.39 is 11.6 Å². The van der Waals surface area contributed by atoms with Crippen LogP contribution in [-0.2, 0) is 6.54 Å².